The number of hydrogen-bond acceptors (Lipinski definition) is 2. The molecule has 0 aliphatic carbocycles. The number of aromatic nitrogens is 1. The first-order valence-electron chi connectivity index (χ1n) is 2.99. The second kappa shape index (κ2) is 2.75. The molecular weight excluding hydrogens is 133 g/mol. The Bertz CT molecular complexity index is 207. The molecular formula is C7H8FNO. The average Bonchev–Trinajstić information content (AvgIpc) is 1.88. The molecule has 2 nitrogen and oxygen atoms in total. The van der Waals surface area contributed by atoms with E-state index in [1.807, 2.05) is 0 Å². The van der Waals surface area contributed by atoms with E-state index < -0.39 is 12.1 Å². The lowest BCUT2D eigenvalue weighted by Crippen LogP contribution is -1.92. The molecule has 0 unspecified atom stereocenters. The van der Waals surface area contributed by atoms with E-state index in [0.717, 1.165) is 0 Å². The van der Waals surface area contributed by atoms with Gasteiger partial charge in [0, 0.05) is 6.20 Å². The van der Waals surface area contributed by atoms with Crippen molar-refractivity contribution in [3.63, 3.8) is 0 Å². The fraction of sp³-hybridized carbons (Fsp3) is 0.286. The molecule has 10 heavy (non-hydrogen) atoms. The van der Waals surface area contributed by atoms with E-state index in [2.05, 4.69) is 4.98 Å². The molecule has 1 heterocycles. The van der Waals surface area contributed by atoms with Gasteiger partial charge in [0.15, 0.2) is 0 Å². The Morgan fingerprint density at radius 1 is 1.60 bits per heavy atom. The van der Waals surface area contributed by atoms with Crippen LogP contribution in [-0.4, -0.2) is 10.1 Å². The molecule has 0 spiro atoms. The predicted molar refractivity (Wildman–Crippen MR) is 34.8 cm³/mol. The third-order valence-corrected chi connectivity index (χ3v) is 1.23. The van der Waals surface area contributed by atoms with Crippen molar-refractivity contribution in [2.45, 2.75) is 13.0 Å². The largest absolute Gasteiger partial charge is 0.389 e. The quantitative estimate of drug-likeness (QED) is 0.597. The average molecular weight is 141 g/mol. The van der Waals surface area contributed by atoms with Gasteiger partial charge in [-0.15, -0.1) is 0 Å². The molecule has 3 heteroatoms. The van der Waals surface area contributed by atoms with Crippen molar-refractivity contribution in [2.24, 2.45) is 0 Å². The molecule has 0 aliphatic rings. The van der Waals surface area contributed by atoms with Crippen LogP contribution in [0.15, 0.2) is 18.3 Å². The molecule has 54 valence electrons. The van der Waals surface area contributed by atoms with Gasteiger partial charge in [-0.2, -0.15) is 4.39 Å². The SMILES string of the molecule is C[C@H](O)c1ccc(F)nc1. The van der Waals surface area contributed by atoms with E-state index >= 15 is 0 Å². The Kier molecular flexibility index (Phi) is 1.97. The standard InChI is InChI=1S/C7H8FNO/c1-5(10)6-2-3-7(8)9-4-6/h2-5,10H,1H3/t5-/m0/s1. The van der Waals surface area contributed by atoms with Gasteiger partial charge in [0.25, 0.3) is 0 Å². The summed E-state index contributed by atoms with van der Waals surface area (Å²) in [6.45, 7) is 1.61. The van der Waals surface area contributed by atoms with Gasteiger partial charge in [-0.25, -0.2) is 4.98 Å². The Morgan fingerprint density at radius 3 is 2.70 bits per heavy atom. The number of aliphatic hydroxyl groups excluding tert-OH is 1. The van der Waals surface area contributed by atoms with E-state index in [1.54, 1.807) is 6.92 Å². The Labute approximate surface area is 58.3 Å². The summed E-state index contributed by atoms with van der Waals surface area (Å²) in [7, 11) is 0. The highest BCUT2D eigenvalue weighted by Gasteiger charge is 1.99. The smallest absolute Gasteiger partial charge is 0.212 e. The molecule has 0 amide bonds. The normalized spacial score (nSPS) is 13.1. The molecule has 0 bridgehead atoms. The number of rotatable bonds is 1. The van der Waals surface area contributed by atoms with Gasteiger partial charge in [0.05, 0.1) is 6.10 Å². The van der Waals surface area contributed by atoms with E-state index in [4.69, 9.17) is 5.11 Å². The van der Waals surface area contributed by atoms with Crippen LogP contribution in [-0.2, 0) is 0 Å². The van der Waals surface area contributed by atoms with Crippen LogP contribution in [0.1, 0.15) is 18.6 Å². The summed E-state index contributed by atoms with van der Waals surface area (Å²) >= 11 is 0. The van der Waals surface area contributed by atoms with Crippen LogP contribution >= 0.6 is 0 Å². The molecule has 1 aromatic rings. The highest BCUT2D eigenvalue weighted by Crippen LogP contribution is 2.09. The summed E-state index contributed by atoms with van der Waals surface area (Å²) in [5, 5.41) is 8.95. The van der Waals surface area contributed by atoms with Crippen molar-refractivity contribution in [2.75, 3.05) is 0 Å². The van der Waals surface area contributed by atoms with Crippen LogP contribution < -0.4 is 0 Å². The predicted octanol–water partition coefficient (Wildman–Crippen LogP) is 1.27. The zero-order chi connectivity index (χ0) is 7.56. The maximum atomic E-state index is 12.2. The molecule has 0 aromatic carbocycles. The van der Waals surface area contributed by atoms with Gasteiger partial charge in [-0.3, -0.25) is 0 Å². The summed E-state index contributed by atoms with van der Waals surface area (Å²) in [5.74, 6) is -0.524. The van der Waals surface area contributed by atoms with Crippen molar-refractivity contribution < 1.29 is 9.50 Å². The van der Waals surface area contributed by atoms with Crippen LogP contribution in [0.25, 0.3) is 0 Å². The molecule has 0 saturated carbocycles. The molecule has 1 aromatic heterocycles. The molecule has 1 N–H and O–H groups in total. The molecule has 1 atom stereocenters. The van der Waals surface area contributed by atoms with Crippen molar-refractivity contribution in [3.8, 4) is 0 Å². The summed E-state index contributed by atoms with van der Waals surface area (Å²) in [5.41, 5.74) is 0.626. The minimum absolute atomic E-state index is 0.524. The van der Waals surface area contributed by atoms with Crippen LogP contribution in [0.4, 0.5) is 4.39 Å². The first kappa shape index (κ1) is 7.15. The van der Waals surface area contributed by atoms with Crippen LogP contribution in [0.3, 0.4) is 0 Å². The van der Waals surface area contributed by atoms with Gasteiger partial charge in [-0.05, 0) is 18.6 Å². The van der Waals surface area contributed by atoms with Gasteiger partial charge in [0.1, 0.15) is 0 Å². The van der Waals surface area contributed by atoms with E-state index in [-0.39, 0.29) is 0 Å². The topological polar surface area (TPSA) is 33.1 Å². The number of halogens is 1. The lowest BCUT2D eigenvalue weighted by molar-refractivity contribution is 0.198. The molecule has 0 saturated heterocycles. The Hall–Kier alpha value is -0.960. The Morgan fingerprint density at radius 2 is 2.30 bits per heavy atom. The van der Waals surface area contributed by atoms with Gasteiger partial charge >= 0.3 is 0 Å². The summed E-state index contributed by atoms with van der Waals surface area (Å²) in [4.78, 5) is 3.37. The third kappa shape index (κ3) is 1.51. The van der Waals surface area contributed by atoms with E-state index in [9.17, 15) is 4.39 Å². The summed E-state index contributed by atoms with van der Waals surface area (Å²) in [6.07, 6.45) is 0.744. The fourth-order valence-corrected chi connectivity index (χ4v) is 0.634. The van der Waals surface area contributed by atoms with Crippen molar-refractivity contribution >= 4 is 0 Å². The molecule has 0 radical (unpaired) electrons. The molecule has 0 fully saturated rings. The highest BCUT2D eigenvalue weighted by atomic mass is 19.1. The number of nitrogens with zero attached hydrogens (tertiary/aromatic N) is 1. The van der Waals surface area contributed by atoms with Crippen LogP contribution in [0.2, 0.25) is 0 Å². The van der Waals surface area contributed by atoms with Gasteiger partial charge in [0.2, 0.25) is 5.95 Å². The minimum atomic E-state index is -0.576. The molecule has 1 rings (SSSR count). The lowest BCUT2D eigenvalue weighted by Gasteiger charge is -2.01. The number of hydrogen-bond donors (Lipinski definition) is 1. The second-order valence-corrected chi connectivity index (χ2v) is 2.09. The summed E-state index contributed by atoms with van der Waals surface area (Å²) in [6, 6.07) is 2.73. The maximum absolute atomic E-state index is 12.2. The highest BCUT2D eigenvalue weighted by molar-refractivity contribution is 5.11. The summed E-state index contributed by atoms with van der Waals surface area (Å²) < 4.78 is 12.2. The lowest BCUT2D eigenvalue weighted by atomic mass is 10.2. The van der Waals surface area contributed by atoms with Gasteiger partial charge < -0.3 is 5.11 Å². The van der Waals surface area contributed by atoms with E-state index in [0.29, 0.717) is 5.56 Å². The first-order valence-corrected chi connectivity index (χ1v) is 2.99. The van der Waals surface area contributed by atoms with Crippen molar-refractivity contribution in [1.29, 1.82) is 0 Å². The zero-order valence-corrected chi connectivity index (χ0v) is 5.58. The van der Waals surface area contributed by atoms with Crippen molar-refractivity contribution in [3.05, 3.63) is 29.8 Å². The maximum Gasteiger partial charge on any atom is 0.212 e. The van der Waals surface area contributed by atoms with E-state index in [1.165, 1.54) is 18.3 Å². The third-order valence-electron chi connectivity index (χ3n) is 1.23. The first-order chi connectivity index (χ1) is 4.70. The Balaban J connectivity index is 2.89. The van der Waals surface area contributed by atoms with Crippen molar-refractivity contribution in [1.82, 2.24) is 4.98 Å². The van der Waals surface area contributed by atoms with Crippen LogP contribution in [0.5, 0.6) is 0 Å². The fourth-order valence-electron chi connectivity index (χ4n) is 0.634. The number of aliphatic hydroxyl groups is 1. The monoisotopic (exact) mass is 141 g/mol. The van der Waals surface area contributed by atoms with Gasteiger partial charge in [-0.1, -0.05) is 6.07 Å². The molecule has 0 aliphatic heterocycles. The minimum Gasteiger partial charge on any atom is -0.389 e. The van der Waals surface area contributed by atoms with Crippen LogP contribution in [0, 0.1) is 5.95 Å². The number of pyridine rings is 1. The zero-order valence-electron chi connectivity index (χ0n) is 5.58. The second-order valence-electron chi connectivity index (χ2n) is 2.09.